The highest BCUT2D eigenvalue weighted by atomic mass is 16.3. The van der Waals surface area contributed by atoms with Crippen molar-refractivity contribution in [2.45, 2.75) is 6.92 Å². The van der Waals surface area contributed by atoms with Gasteiger partial charge in [-0.1, -0.05) is 30.3 Å². The average molecular weight is 243 g/mol. The summed E-state index contributed by atoms with van der Waals surface area (Å²) in [4.78, 5) is 10.6. The van der Waals surface area contributed by atoms with Crippen molar-refractivity contribution in [3.05, 3.63) is 42.0 Å². The Balaban J connectivity index is 2.58. The Morgan fingerprint density at radius 3 is 2.72 bits per heavy atom. The van der Waals surface area contributed by atoms with E-state index in [1.165, 1.54) is 0 Å². The van der Waals surface area contributed by atoms with Gasteiger partial charge < -0.3 is 10.8 Å². The molecule has 5 nitrogen and oxygen atoms in total. The molecule has 0 aliphatic carbocycles. The lowest BCUT2D eigenvalue weighted by atomic mass is 10.0. The molecule has 0 heterocycles. The molecule has 18 heavy (non-hydrogen) atoms. The highest BCUT2D eigenvalue weighted by Crippen LogP contribution is 2.27. The summed E-state index contributed by atoms with van der Waals surface area (Å²) < 4.78 is 0. The maximum absolute atomic E-state index is 10.6. The van der Waals surface area contributed by atoms with Crippen molar-refractivity contribution < 1.29 is 9.90 Å². The minimum atomic E-state index is -0.742. The lowest BCUT2D eigenvalue weighted by molar-refractivity contribution is 0.249. The van der Waals surface area contributed by atoms with Gasteiger partial charge in [0.1, 0.15) is 5.75 Å². The standard InChI is InChI=1S/C13H13N3O2/c1-8(15-16-13(14)18)12-10-5-3-2-4-9(10)6-7-11(12)17/h2-7,17H,1H3,(H3,14,16,18)/b15-8+. The lowest BCUT2D eigenvalue weighted by Crippen LogP contribution is -2.25. The molecular weight excluding hydrogens is 230 g/mol. The van der Waals surface area contributed by atoms with Gasteiger partial charge in [-0.25, -0.2) is 10.2 Å². The molecule has 0 fully saturated rings. The maximum atomic E-state index is 10.6. The maximum Gasteiger partial charge on any atom is 0.332 e. The predicted octanol–water partition coefficient (Wildman–Crippen LogP) is 1.94. The molecule has 5 heteroatoms. The summed E-state index contributed by atoms with van der Waals surface area (Å²) in [7, 11) is 0. The Kier molecular flexibility index (Phi) is 3.14. The first-order valence-electron chi connectivity index (χ1n) is 5.40. The first-order valence-corrected chi connectivity index (χ1v) is 5.40. The fourth-order valence-electron chi connectivity index (χ4n) is 1.84. The molecule has 0 aliphatic rings. The van der Waals surface area contributed by atoms with Gasteiger partial charge in [0.15, 0.2) is 0 Å². The largest absolute Gasteiger partial charge is 0.507 e. The van der Waals surface area contributed by atoms with E-state index in [9.17, 15) is 9.90 Å². The van der Waals surface area contributed by atoms with Gasteiger partial charge in [0.05, 0.1) is 5.71 Å². The number of nitrogens with two attached hydrogens (primary N) is 1. The second-order valence-electron chi connectivity index (χ2n) is 3.85. The van der Waals surface area contributed by atoms with Gasteiger partial charge in [-0.2, -0.15) is 5.10 Å². The summed E-state index contributed by atoms with van der Waals surface area (Å²) in [6.07, 6.45) is 0. The van der Waals surface area contributed by atoms with E-state index in [0.717, 1.165) is 10.8 Å². The quantitative estimate of drug-likeness (QED) is 0.556. The molecule has 0 saturated carbocycles. The Morgan fingerprint density at radius 1 is 1.28 bits per heavy atom. The molecule has 0 saturated heterocycles. The van der Waals surface area contributed by atoms with E-state index in [4.69, 9.17) is 5.73 Å². The van der Waals surface area contributed by atoms with Gasteiger partial charge in [-0.3, -0.25) is 0 Å². The third-order valence-electron chi connectivity index (χ3n) is 2.60. The molecule has 0 bridgehead atoms. The Labute approximate surface area is 104 Å². The van der Waals surface area contributed by atoms with E-state index in [1.807, 2.05) is 30.3 Å². The number of nitrogens with zero attached hydrogens (tertiary/aromatic N) is 1. The topological polar surface area (TPSA) is 87.7 Å². The number of phenolic OH excluding ortho intramolecular Hbond substituents is 1. The molecule has 0 aromatic heterocycles. The van der Waals surface area contributed by atoms with Gasteiger partial charge in [-0.05, 0) is 23.8 Å². The smallest absolute Gasteiger partial charge is 0.332 e. The van der Waals surface area contributed by atoms with Crippen molar-refractivity contribution in [2.75, 3.05) is 0 Å². The van der Waals surface area contributed by atoms with Gasteiger partial charge in [0.2, 0.25) is 0 Å². The number of carbonyl (C=O) groups excluding carboxylic acids is 1. The molecule has 0 aliphatic heterocycles. The molecule has 2 aromatic rings. The summed E-state index contributed by atoms with van der Waals surface area (Å²) in [6.45, 7) is 1.69. The monoisotopic (exact) mass is 243 g/mol. The summed E-state index contributed by atoms with van der Waals surface area (Å²) in [5, 5.41) is 15.6. The zero-order valence-electron chi connectivity index (χ0n) is 9.84. The number of carbonyl (C=O) groups is 1. The van der Waals surface area contributed by atoms with Crippen LogP contribution >= 0.6 is 0 Å². The van der Waals surface area contributed by atoms with Gasteiger partial charge in [0, 0.05) is 5.56 Å². The normalized spacial score (nSPS) is 11.5. The molecule has 0 spiro atoms. The number of hydrogen-bond acceptors (Lipinski definition) is 3. The van der Waals surface area contributed by atoms with Crippen LogP contribution in [0.25, 0.3) is 10.8 Å². The first-order chi connectivity index (χ1) is 8.59. The number of nitrogens with one attached hydrogen (secondary N) is 1. The van der Waals surface area contributed by atoms with Gasteiger partial charge in [0.25, 0.3) is 0 Å². The highest BCUT2D eigenvalue weighted by Gasteiger charge is 2.09. The predicted molar refractivity (Wildman–Crippen MR) is 70.5 cm³/mol. The summed E-state index contributed by atoms with van der Waals surface area (Å²) >= 11 is 0. The molecule has 2 rings (SSSR count). The second-order valence-corrected chi connectivity index (χ2v) is 3.85. The number of urea groups is 1. The van der Waals surface area contributed by atoms with Crippen LogP contribution in [0.3, 0.4) is 0 Å². The van der Waals surface area contributed by atoms with E-state index in [1.54, 1.807) is 13.0 Å². The van der Waals surface area contributed by atoms with Crippen molar-refractivity contribution in [1.29, 1.82) is 0 Å². The van der Waals surface area contributed by atoms with Crippen molar-refractivity contribution in [2.24, 2.45) is 10.8 Å². The zero-order valence-corrected chi connectivity index (χ0v) is 9.84. The van der Waals surface area contributed by atoms with Crippen LogP contribution in [-0.4, -0.2) is 16.8 Å². The third kappa shape index (κ3) is 2.24. The molecule has 2 aromatic carbocycles. The number of primary amides is 1. The first kappa shape index (κ1) is 11.9. The Morgan fingerprint density at radius 2 is 2.00 bits per heavy atom. The lowest BCUT2D eigenvalue weighted by Gasteiger charge is -2.08. The van der Waals surface area contributed by atoms with Crippen molar-refractivity contribution in [1.82, 2.24) is 5.43 Å². The molecule has 2 amide bonds. The van der Waals surface area contributed by atoms with Crippen molar-refractivity contribution >= 4 is 22.5 Å². The van der Waals surface area contributed by atoms with Crippen LogP contribution in [0.5, 0.6) is 5.75 Å². The van der Waals surface area contributed by atoms with E-state index < -0.39 is 6.03 Å². The molecule has 0 radical (unpaired) electrons. The van der Waals surface area contributed by atoms with Crippen LogP contribution in [-0.2, 0) is 0 Å². The van der Waals surface area contributed by atoms with E-state index in [-0.39, 0.29) is 5.75 Å². The van der Waals surface area contributed by atoms with Gasteiger partial charge >= 0.3 is 6.03 Å². The van der Waals surface area contributed by atoms with Crippen LogP contribution < -0.4 is 11.2 Å². The molecule has 92 valence electrons. The molecular formula is C13H13N3O2. The number of aromatic hydroxyl groups is 1. The highest BCUT2D eigenvalue weighted by molar-refractivity contribution is 6.12. The number of hydrazone groups is 1. The number of phenols is 1. The average Bonchev–Trinajstić information content (AvgIpc) is 2.36. The van der Waals surface area contributed by atoms with E-state index >= 15 is 0 Å². The number of rotatable bonds is 2. The third-order valence-corrected chi connectivity index (χ3v) is 2.60. The minimum absolute atomic E-state index is 0.112. The Hall–Kier alpha value is -2.56. The second kappa shape index (κ2) is 4.75. The van der Waals surface area contributed by atoms with Crippen LogP contribution in [0.2, 0.25) is 0 Å². The zero-order chi connectivity index (χ0) is 13.1. The molecule has 4 N–H and O–H groups in total. The SMILES string of the molecule is C/C(=N\NC(N)=O)c1c(O)ccc2ccccc12. The number of fused-ring (bicyclic) bond motifs is 1. The fourth-order valence-corrected chi connectivity index (χ4v) is 1.84. The molecule has 0 atom stereocenters. The van der Waals surface area contributed by atoms with Crippen LogP contribution in [0.15, 0.2) is 41.5 Å². The van der Waals surface area contributed by atoms with Crippen LogP contribution in [0.1, 0.15) is 12.5 Å². The summed E-state index contributed by atoms with van der Waals surface area (Å²) in [5.41, 5.74) is 8.18. The fraction of sp³-hybridized carbons (Fsp3) is 0.0769. The van der Waals surface area contributed by atoms with E-state index in [0.29, 0.717) is 11.3 Å². The summed E-state index contributed by atoms with van der Waals surface area (Å²) in [5.74, 6) is 0.112. The van der Waals surface area contributed by atoms with Gasteiger partial charge in [-0.15, -0.1) is 0 Å². The van der Waals surface area contributed by atoms with Crippen molar-refractivity contribution in [3.8, 4) is 5.75 Å². The number of hydrogen-bond donors (Lipinski definition) is 3. The van der Waals surface area contributed by atoms with E-state index in [2.05, 4.69) is 10.5 Å². The molecule has 0 unspecified atom stereocenters. The summed E-state index contributed by atoms with van der Waals surface area (Å²) in [6, 6.07) is 10.3. The number of amides is 2. The van der Waals surface area contributed by atoms with Crippen LogP contribution in [0, 0.1) is 0 Å². The van der Waals surface area contributed by atoms with Crippen LogP contribution in [0.4, 0.5) is 4.79 Å². The minimum Gasteiger partial charge on any atom is -0.507 e. The number of benzene rings is 2. The Bertz CT molecular complexity index is 635. The van der Waals surface area contributed by atoms with Crippen molar-refractivity contribution in [3.63, 3.8) is 0 Å².